The molecule has 2 aliphatic heterocycles. The molecule has 0 saturated carbocycles. The molecule has 2 amide bonds. The van der Waals surface area contributed by atoms with Gasteiger partial charge in [0, 0.05) is 57.0 Å². The first-order valence-electron chi connectivity index (χ1n) is 22.3. The van der Waals surface area contributed by atoms with Crippen LogP contribution in [0.5, 0.6) is 0 Å². The molecule has 3 atom stereocenters. The molecule has 3 heterocycles. The molecule has 328 valence electrons. The SMILES string of the molecule is Nc1ccccc1NC(=O)CCCCCCC(=O)NCc1cccc(-c2cccc([C@@H]3O[C@H](CN4CCC(n5c(=O)[nH]c6ccccc65)CC4)C[C@H](c4ccc(CO)cc4)O3)c2)c1. The van der Waals surface area contributed by atoms with Crippen LogP contribution in [0.1, 0.15) is 98.5 Å². The molecule has 0 unspecified atom stereocenters. The van der Waals surface area contributed by atoms with Crippen molar-refractivity contribution in [1.82, 2.24) is 19.8 Å². The van der Waals surface area contributed by atoms with Crippen LogP contribution in [-0.4, -0.2) is 57.1 Å². The number of nitrogens with two attached hydrogens (primary N) is 1. The number of ether oxygens (including phenoxy) is 2. The summed E-state index contributed by atoms with van der Waals surface area (Å²) in [5, 5.41) is 15.6. The number of hydrogen-bond donors (Lipinski definition) is 5. The number of aliphatic hydroxyl groups is 1. The molecule has 12 heteroatoms. The lowest BCUT2D eigenvalue weighted by Crippen LogP contribution is -2.43. The van der Waals surface area contributed by atoms with Gasteiger partial charge in [0.2, 0.25) is 11.8 Å². The molecular formula is C51H58N6O6. The Morgan fingerprint density at radius 1 is 0.746 bits per heavy atom. The third-order valence-electron chi connectivity index (χ3n) is 12.3. The van der Waals surface area contributed by atoms with Crippen LogP contribution >= 0.6 is 0 Å². The van der Waals surface area contributed by atoms with Crippen molar-refractivity contribution in [3.05, 3.63) is 154 Å². The number of nitrogens with one attached hydrogen (secondary N) is 3. The molecule has 0 bridgehead atoms. The molecule has 2 saturated heterocycles. The minimum Gasteiger partial charge on any atom is -0.397 e. The van der Waals surface area contributed by atoms with E-state index in [0.717, 1.165) is 103 Å². The molecule has 0 spiro atoms. The van der Waals surface area contributed by atoms with Gasteiger partial charge in [0.1, 0.15) is 0 Å². The number of likely N-dealkylation sites (tertiary alicyclic amines) is 1. The van der Waals surface area contributed by atoms with Gasteiger partial charge in [-0.2, -0.15) is 0 Å². The number of imidazole rings is 1. The molecule has 6 N–H and O–H groups in total. The van der Waals surface area contributed by atoms with Crippen molar-refractivity contribution in [3.63, 3.8) is 0 Å². The number of H-pyrrole nitrogens is 1. The molecule has 63 heavy (non-hydrogen) atoms. The van der Waals surface area contributed by atoms with Crippen molar-refractivity contribution >= 4 is 34.2 Å². The van der Waals surface area contributed by atoms with E-state index in [2.05, 4.69) is 44.8 Å². The second-order valence-electron chi connectivity index (χ2n) is 16.9. The van der Waals surface area contributed by atoms with E-state index in [9.17, 15) is 19.5 Å². The average Bonchev–Trinajstić information content (AvgIpc) is 3.66. The summed E-state index contributed by atoms with van der Waals surface area (Å²) in [7, 11) is 0. The number of hydrogen-bond acceptors (Lipinski definition) is 8. The summed E-state index contributed by atoms with van der Waals surface area (Å²) in [4.78, 5) is 43.4. The topological polar surface area (TPSA) is 164 Å². The number of aliphatic hydroxyl groups excluding tert-OH is 1. The Bertz CT molecular complexity index is 2530. The number of piperidine rings is 1. The lowest BCUT2D eigenvalue weighted by molar-refractivity contribution is -0.253. The van der Waals surface area contributed by atoms with Crippen molar-refractivity contribution < 1.29 is 24.2 Å². The number of benzene rings is 5. The molecular weight excluding hydrogens is 793 g/mol. The summed E-state index contributed by atoms with van der Waals surface area (Å²) >= 11 is 0. The number of nitrogen functional groups attached to an aromatic ring is 1. The van der Waals surface area contributed by atoms with Gasteiger partial charge in [0.25, 0.3) is 0 Å². The highest BCUT2D eigenvalue weighted by Crippen LogP contribution is 2.39. The van der Waals surface area contributed by atoms with Crippen LogP contribution in [0.15, 0.2) is 126 Å². The van der Waals surface area contributed by atoms with E-state index < -0.39 is 6.29 Å². The first kappa shape index (κ1) is 43.6. The Kier molecular flexibility index (Phi) is 14.4. The van der Waals surface area contributed by atoms with E-state index in [4.69, 9.17) is 15.2 Å². The van der Waals surface area contributed by atoms with Crippen LogP contribution < -0.4 is 22.1 Å². The molecule has 0 aliphatic carbocycles. The fraction of sp³-hybridized carbons (Fsp3) is 0.353. The molecule has 1 aromatic heterocycles. The predicted molar refractivity (Wildman–Crippen MR) is 247 cm³/mol. The molecule has 2 fully saturated rings. The lowest BCUT2D eigenvalue weighted by atomic mass is 9.97. The summed E-state index contributed by atoms with van der Waals surface area (Å²) in [5.41, 5.74) is 14.8. The first-order valence-corrected chi connectivity index (χ1v) is 22.3. The highest BCUT2D eigenvalue weighted by Gasteiger charge is 2.34. The molecule has 5 aromatic carbocycles. The zero-order valence-electron chi connectivity index (χ0n) is 35.7. The van der Waals surface area contributed by atoms with Crippen molar-refractivity contribution in [1.29, 1.82) is 0 Å². The summed E-state index contributed by atoms with van der Waals surface area (Å²) in [5.74, 6) is -0.0448. The van der Waals surface area contributed by atoms with Crippen molar-refractivity contribution in [2.45, 2.75) is 95.5 Å². The Morgan fingerprint density at radius 3 is 2.24 bits per heavy atom. The first-order chi connectivity index (χ1) is 30.8. The average molecular weight is 851 g/mol. The van der Waals surface area contributed by atoms with E-state index in [1.165, 1.54) is 0 Å². The summed E-state index contributed by atoms with van der Waals surface area (Å²) in [6.45, 7) is 2.88. The summed E-state index contributed by atoms with van der Waals surface area (Å²) in [6.07, 6.45) is 5.67. The molecule has 6 aromatic rings. The standard InChI is InChI=1S/C51H58N6O6/c52-43-15-5-6-16-44(43)54-49(60)20-4-2-1-3-19-48(59)53-32-36-11-9-12-38(29-36)39-13-10-14-40(30-39)50-62-42(31-47(63-50)37-23-21-35(34-58)22-24-37)33-56-27-25-41(26-28-56)57-46-18-8-7-17-45(46)55-51(57)61/h5-18,21-24,29-30,41-42,47,50,58H,1-4,19-20,25-28,31-34,52H2,(H,53,59)(H,54,60)(H,55,61)/t42-,47+,50+/m0/s1. The molecule has 8 rings (SSSR count). The van der Waals surface area contributed by atoms with Crippen LogP contribution in [0.4, 0.5) is 11.4 Å². The molecule has 12 nitrogen and oxygen atoms in total. The van der Waals surface area contributed by atoms with Crippen LogP contribution in [0.2, 0.25) is 0 Å². The number of rotatable bonds is 17. The summed E-state index contributed by atoms with van der Waals surface area (Å²) in [6, 6.07) is 39.7. The number of aromatic amines is 1. The smallest absolute Gasteiger partial charge is 0.326 e. The van der Waals surface area contributed by atoms with E-state index in [1.54, 1.807) is 12.1 Å². The minimum atomic E-state index is -0.596. The number of aromatic nitrogens is 2. The highest BCUT2D eigenvalue weighted by atomic mass is 16.7. The normalized spacial score (nSPS) is 18.3. The largest absolute Gasteiger partial charge is 0.397 e. The molecule has 2 aliphatic rings. The quantitative estimate of drug-likeness (QED) is 0.0450. The van der Waals surface area contributed by atoms with Crippen LogP contribution in [0, 0.1) is 0 Å². The number of amides is 2. The van der Waals surface area contributed by atoms with E-state index in [0.29, 0.717) is 37.2 Å². The number of anilines is 2. The monoisotopic (exact) mass is 850 g/mol. The van der Waals surface area contributed by atoms with Crippen molar-refractivity contribution in [2.75, 3.05) is 30.7 Å². The Balaban J connectivity index is 0.852. The number of carbonyl (C=O) groups is 2. The maximum Gasteiger partial charge on any atom is 0.326 e. The summed E-state index contributed by atoms with van der Waals surface area (Å²) < 4.78 is 15.4. The van der Waals surface area contributed by atoms with Gasteiger partial charge in [-0.05, 0) is 89.9 Å². The van der Waals surface area contributed by atoms with E-state index >= 15 is 0 Å². The van der Waals surface area contributed by atoms with Gasteiger partial charge in [-0.1, -0.05) is 97.8 Å². The van der Waals surface area contributed by atoms with Gasteiger partial charge in [0.15, 0.2) is 6.29 Å². The third-order valence-corrected chi connectivity index (χ3v) is 12.3. The molecule has 0 radical (unpaired) electrons. The van der Waals surface area contributed by atoms with Gasteiger partial charge >= 0.3 is 5.69 Å². The maximum atomic E-state index is 12.9. The zero-order chi connectivity index (χ0) is 43.5. The Morgan fingerprint density at radius 2 is 1.46 bits per heavy atom. The third kappa shape index (κ3) is 11.3. The number of nitrogens with zero attached hydrogens (tertiary/aromatic N) is 2. The second kappa shape index (κ2) is 20.9. The number of unbranched alkanes of at least 4 members (excludes halogenated alkanes) is 3. The van der Waals surface area contributed by atoms with Gasteiger partial charge in [-0.25, -0.2) is 4.79 Å². The second-order valence-corrected chi connectivity index (χ2v) is 16.9. The number of para-hydroxylation sites is 4. The van der Waals surface area contributed by atoms with Gasteiger partial charge < -0.3 is 40.8 Å². The van der Waals surface area contributed by atoms with Crippen LogP contribution in [0.3, 0.4) is 0 Å². The number of fused-ring (bicyclic) bond motifs is 1. The van der Waals surface area contributed by atoms with Gasteiger partial charge in [-0.15, -0.1) is 0 Å². The van der Waals surface area contributed by atoms with E-state index in [-0.39, 0.29) is 42.4 Å². The Hall–Kier alpha value is -6.05. The van der Waals surface area contributed by atoms with Crippen LogP contribution in [0.25, 0.3) is 22.2 Å². The predicted octanol–water partition coefficient (Wildman–Crippen LogP) is 8.55. The Labute approximate surface area is 368 Å². The van der Waals surface area contributed by atoms with Crippen LogP contribution in [-0.2, 0) is 32.2 Å². The number of carbonyl (C=O) groups excluding carboxylic acids is 2. The van der Waals surface area contributed by atoms with Gasteiger partial charge in [-0.3, -0.25) is 14.2 Å². The van der Waals surface area contributed by atoms with Crippen molar-refractivity contribution in [2.24, 2.45) is 0 Å². The fourth-order valence-corrected chi connectivity index (χ4v) is 8.88. The lowest BCUT2D eigenvalue weighted by Gasteiger charge is -2.40. The zero-order valence-corrected chi connectivity index (χ0v) is 35.7. The minimum absolute atomic E-state index is 0.00976. The fourth-order valence-electron chi connectivity index (χ4n) is 8.88. The van der Waals surface area contributed by atoms with E-state index in [1.807, 2.05) is 89.5 Å². The maximum absolute atomic E-state index is 12.9. The van der Waals surface area contributed by atoms with Gasteiger partial charge in [0.05, 0.1) is 41.2 Å². The van der Waals surface area contributed by atoms with Crippen molar-refractivity contribution in [3.8, 4) is 11.1 Å². The highest BCUT2D eigenvalue weighted by molar-refractivity contribution is 5.93.